The van der Waals surface area contributed by atoms with E-state index >= 15 is 0 Å². The van der Waals surface area contributed by atoms with Gasteiger partial charge in [0.25, 0.3) is 0 Å². The first kappa shape index (κ1) is 13.3. The Kier molecular flexibility index (Phi) is 5.26. The number of methoxy groups -OCH3 is 1. The van der Waals surface area contributed by atoms with Gasteiger partial charge >= 0.3 is 0 Å². The molecule has 0 aromatic carbocycles. The van der Waals surface area contributed by atoms with Crippen LogP contribution in [0.5, 0.6) is 0 Å². The molecule has 1 heterocycles. The molecule has 1 saturated carbocycles. The van der Waals surface area contributed by atoms with Crippen molar-refractivity contribution in [2.45, 2.75) is 51.2 Å². The Morgan fingerprint density at radius 2 is 2.18 bits per heavy atom. The SMILES string of the molecule is CCCN(CC1CCCNC1)C1CC(OC)C1. The average Bonchev–Trinajstić information content (AvgIpc) is 2.29. The molecule has 1 aliphatic heterocycles. The van der Waals surface area contributed by atoms with Crippen molar-refractivity contribution in [3.8, 4) is 0 Å². The Morgan fingerprint density at radius 1 is 1.35 bits per heavy atom. The third-order valence-corrected chi connectivity index (χ3v) is 4.32. The molecule has 2 rings (SSSR count). The van der Waals surface area contributed by atoms with Gasteiger partial charge in [-0.25, -0.2) is 0 Å². The number of ether oxygens (including phenoxy) is 1. The van der Waals surface area contributed by atoms with E-state index in [-0.39, 0.29) is 0 Å². The molecule has 1 unspecified atom stereocenters. The lowest BCUT2D eigenvalue weighted by molar-refractivity contribution is -0.0321. The minimum Gasteiger partial charge on any atom is -0.381 e. The number of piperidine rings is 1. The molecule has 0 spiro atoms. The lowest BCUT2D eigenvalue weighted by atomic mass is 9.86. The topological polar surface area (TPSA) is 24.5 Å². The lowest BCUT2D eigenvalue weighted by Gasteiger charge is -2.44. The van der Waals surface area contributed by atoms with Gasteiger partial charge in [0.1, 0.15) is 0 Å². The van der Waals surface area contributed by atoms with E-state index in [4.69, 9.17) is 4.74 Å². The van der Waals surface area contributed by atoms with E-state index in [1.165, 1.54) is 58.3 Å². The molecule has 0 aromatic rings. The van der Waals surface area contributed by atoms with Crippen LogP contribution in [-0.4, -0.2) is 50.3 Å². The molecule has 0 bridgehead atoms. The van der Waals surface area contributed by atoms with Crippen molar-refractivity contribution in [3.63, 3.8) is 0 Å². The van der Waals surface area contributed by atoms with Gasteiger partial charge in [-0.3, -0.25) is 4.90 Å². The molecule has 2 aliphatic rings. The molecule has 1 saturated heterocycles. The second kappa shape index (κ2) is 6.72. The molecule has 1 N–H and O–H groups in total. The Hall–Kier alpha value is -0.120. The average molecular weight is 240 g/mol. The third-order valence-electron chi connectivity index (χ3n) is 4.32. The van der Waals surface area contributed by atoms with Gasteiger partial charge in [-0.2, -0.15) is 0 Å². The first-order valence-electron chi connectivity index (χ1n) is 7.31. The molecule has 1 aliphatic carbocycles. The van der Waals surface area contributed by atoms with Crippen LogP contribution in [0.15, 0.2) is 0 Å². The number of hydrogen-bond acceptors (Lipinski definition) is 3. The molecule has 2 fully saturated rings. The summed E-state index contributed by atoms with van der Waals surface area (Å²) in [4.78, 5) is 2.72. The van der Waals surface area contributed by atoms with Crippen molar-refractivity contribution >= 4 is 0 Å². The van der Waals surface area contributed by atoms with E-state index in [9.17, 15) is 0 Å². The summed E-state index contributed by atoms with van der Waals surface area (Å²) in [5.74, 6) is 0.872. The zero-order valence-electron chi connectivity index (χ0n) is 11.5. The molecule has 0 aromatic heterocycles. The molecular weight excluding hydrogens is 212 g/mol. The standard InChI is InChI=1S/C14H28N2O/c1-3-7-16(13-8-14(9-13)17-2)11-12-5-4-6-15-10-12/h12-15H,3-11H2,1-2H3. The molecule has 0 radical (unpaired) electrons. The summed E-state index contributed by atoms with van der Waals surface area (Å²) in [6.45, 7) is 7.29. The van der Waals surface area contributed by atoms with Crippen molar-refractivity contribution in [2.24, 2.45) is 5.92 Å². The molecule has 3 heteroatoms. The van der Waals surface area contributed by atoms with Crippen LogP contribution in [0.2, 0.25) is 0 Å². The highest BCUT2D eigenvalue weighted by atomic mass is 16.5. The molecule has 1 atom stereocenters. The van der Waals surface area contributed by atoms with Crippen molar-refractivity contribution < 1.29 is 4.74 Å². The summed E-state index contributed by atoms with van der Waals surface area (Å²) >= 11 is 0. The normalized spacial score (nSPS) is 33.7. The van der Waals surface area contributed by atoms with Crippen LogP contribution in [0.1, 0.15) is 39.0 Å². The van der Waals surface area contributed by atoms with Crippen molar-refractivity contribution in [1.82, 2.24) is 10.2 Å². The fourth-order valence-corrected chi connectivity index (χ4v) is 3.15. The van der Waals surface area contributed by atoms with Gasteiger partial charge in [0.15, 0.2) is 0 Å². The zero-order valence-corrected chi connectivity index (χ0v) is 11.5. The first-order chi connectivity index (χ1) is 8.33. The van der Waals surface area contributed by atoms with Gasteiger partial charge in [0.05, 0.1) is 6.10 Å². The van der Waals surface area contributed by atoms with E-state index in [0.717, 1.165) is 12.0 Å². The monoisotopic (exact) mass is 240 g/mol. The maximum atomic E-state index is 5.40. The van der Waals surface area contributed by atoms with E-state index in [2.05, 4.69) is 17.1 Å². The predicted molar refractivity (Wildman–Crippen MR) is 71.3 cm³/mol. The number of nitrogens with one attached hydrogen (secondary N) is 1. The third kappa shape index (κ3) is 3.67. The van der Waals surface area contributed by atoms with Crippen LogP contribution in [0.25, 0.3) is 0 Å². The maximum Gasteiger partial charge on any atom is 0.0601 e. The van der Waals surface area contributed by atoms with Gasteiger partial charge < -0.3 is 10.1 Å². The van der Waals surface area contributed by atoms with Crippen LogP contribution >= 0.6 is 0 Å². The molecule has 0 amide bonds. The van der Waals surface area contributed by atoms with E-state index in [1.54, 1.807) is 0 Å². The second-order valence-electron chi connectivity index (χ2n) is 5.69. The molecule has 100 valence electrons. The van der Waals surface area contributed by atoms with Crippen LogP contribution in [0.3, 0.4) is 0 Å². The Bertz CT molecular complexity index is 210. The van der Waals surface area contributed by atoms with Crippen LogP contribution < -0.4 is 5.32 Å². The summed E-state index contributed by atoms with van der Waals surface area (Å²) < 4.78 is 5.40. The molecular formula is C14H28N2O. The quantitative estimate of drug-likeness (QED) is 0.767. The number of hydrogen-bond donors (Lipinski definition) is 1. The predicted octanol–water partition coefficient (Wildman–Crippen LogP) is 1.88. The Morgan fingerprint density at radius 3 is 2.76 bits per heavy atom. The summed E-state index contributed by atoms with van der Waals surface area (Å²) in [7, 11) is 1.84. The fraction of sp³-hybridized carbons (Fsp3) is 1.00. The fourth-order valence-electron chi connectivity index (χ4n) is 3.15. The van der Waals surface area contributed by atoms with Gasteiger partial charge in [-0.15, -0.1) is 0 Å². The lowest BCUT2D eigenvalue weighted by Crippen LogP contribution is -2.51. The van der Waals surface area contributed by atoms with E-state index < -0.39 is 0 Å². The summed E-state index contributed by atoms with van der Waals surface area (Å²) in [6, 6.07) is 0.793. The van der Waals surface area contributed by atoms with Crippen molar-refractivity contribution in [1.29, 1.82) is 0 Å². The summed E-state index contributed by atoms with van der Waals surface area (Å²) in [5.41, 5.74) is 0. The van der Waals surface area contributed by atoms with Crippen LogP contribution in [0.4, 0.5) is 0 Å². The van der Waals surface area contributed by atoms with Crippen LogP contribution in [0, 0.1) is 5.92 Å². The highest BCUT2D eigenvalue weighted by Gasteiger charge is 2.34. The second-order valence-corrected chi connectivity index (χ2v) is 5.69. The van der Waals surface area contributed by atoms with E-state index in [1.807, 2.05) is 7.11 Å². The number of rotatable bonds is 6. The minimum absolute atomic E-state index is 0.531. The highest BCUT2D eigenvalue weighted by molar-refractivity contribution is 4.89. The molecule has 17 heavy (non-hydrogen) atoms. The Balaban J connectivity index is 1.76. The van der Waals surface area contributed by atoms with Crippen molar-refractivity contribution in [2.75, 3.05) is 33.3 Å². The van der Waals surface area contributed by atoms with Gasteiger partial charge in [-0.05, 0) is 57.7 Å². The molecule has 3 nitrogen and oxygen atoms in total. The zero-order chi connectivity index (χ0) is 12.1. The van der Waals surface area contributed by atoms with E-state index in [0.29, 0.717) is 6.10 Å². The Labute approximate surface area is 106 Å². The first-order valence-corrected chi connectivity index (χ1v) is 7.31. The van der Waals surface area contributed by atoms with Gasteiger partial charge in [0.2, 0.25) is 0 Å². The van der Waals surface area contributed by atoms with Crippen molar-refractivity contribution in [3.05, 3.63) is 0 Å². The van der Waals surface area contributed by atoms with Crippen LogP contribution in [-0.2, 0) is 4.74 Å². The minimum atomic E-state index is 0.531. The summed E-state index contributed by atoms with van der Waals surface area (Å²) in [5, 5.41) is 3.53. The highest BCUT2D eigenvalue weighted by Crippen LogP contribution is 2.29. The van der Waals surface area contributed by atoms with Gasteiger partial charge in [0, 0.05) is 19.7 Å². The number of nitrogens with zero attached hydrogens (tertiary/aromatic N) is 1. The summed E-state index contributed by atoms with van der Waals surface area (Å²) in [6.07, 6.45) is 7.06. The largest absolute Gasteiger partial charge is 0.381 e. The van der Waals surface area contributed by atoms with Gasteiger partial charge in [-0.1, -0.05) is 6.92 Å². The maximum absolute atomic E-state index is 5.40. The smallest absolute Gasteiger partial charge is 0.0601 e.